The van der Waals surface area contributed by atoms with Crippen LogP contribution in [-0.4, -0.2) is 28.7 Å². The first-order chi connectivity index (χ1) is 17.5. The molecule has 2 N–H and O–H groups in total. The van der Waals surface area contributed by atoms with Crippen LogP contribution in [0.25, 0.3) is 21.9 Å². The summed E-state index contributed by atoms with van der Waals surface area (Å²) in [6.45, 7) is 7.20. The predicted molar refractivity (Wildman–Crippen MR) is 142 cm³/mol. The number of hydrogen-bond acceptors (Lipinski definition) is 6. The normalized spacial score (nSPS) is 12.5. The number of benzene rings is 2. The predicted octanol–water partition coefficient (Wildman–Crippen LogP) is 5.92. The monoisotopic (exact) mass is 524 g/mol. The summed E-state index contributed by atoms with van der Waals surface area (Å²) >= 11 is 6.46. The van der Waals surface area contributed by atoms with Gasteiger partial charge in [0.25, 0.3) is 0 Å². The van der Waals surface area contributed by atoms with Crippen molar-refractivity contribution in [2.24, 2.45) is 0 Å². The number of aromatic amines is 1. The van der Waals surface area contributed by atoms with Crippen molar-refractivity contribution in [2.45, 2.75) is 58.6 Å². The molecule has 9 heteroatoms. The van der Waals surface area contributed by atoms with Crippen LogP contribution in [0.2, 0.25) is 5.02 Å². The Balaban J connectivity index is 1.65. The largest absolute Gasteiger partial charge is 0.444 e. The molecule has 4 aromatic rings. The molecule has 1 amide bonds. The molecule has 0 bridgehead atoms. The highest BCUT2D eigenvalue weighted by molar-refractivity contribution is 6.33. The zero-order valence-electron chi connectivity index (χ0n) is 21.1. The number of H-pyrrole nitrogens is 1. The molecule has 0 aliphatic carbocycles. The number of rotatable bonds is 7. The van der Waals surface area contributed by atoms with E-state index in [0.29, 0.717) is 11.8 Å². The van der Waals surface area contributed by atoms with E-state index >= 15 is 0 Å². The number of hydrogen-bond donors (Lipinski definition) is 2. The van der Waals surface area contributed by atoms with Crippen molar-refractivity contribution in [3.05, 3.63) is 75.2 Å². The van der Waals surface area contributed by atoms with Crippen LogP contribution in [0.3, 0.4) is 0 Å². The number of aromatic nitrogens is 1. The molecule has 194 valence electrons. The standard InChI is InChI=1S/C28H29ClN2O6/c1-5-8-16-12-25(32)35-23-14-24(20(29)13-19(16)23)36-26(33)22(31-27(34)37-28(2,3)4)11-17-15-30-21-10-7-6-9-18(17)21/h6-7,9-10,12-15,22,30H,5,8,11H2,1-4H3,(H,31,34)/t22-/m1/s1. The number of esters is 1. The van der Waals surface area contributed by atoms with Gasteiger partial charge in [0.2, 0.25) is 0 Å². The van der Waals surface area contributed by atoms with E-state index in [2.05, 4.69) is 10.3 Å². The Kier molecular flexibility index (Phi) is 7.59. The second-order valence-electron chi connectivity index (χ2n) is 9.80. The minimum Gasteiger partial charge on any atom is -0.444 e. The fraction of sp³-hybridized carbons (Fsp3) is 0.321. The third-order valence-corrected chi connectivity index (χ3v) is 5.98. The van der Waals surface area contributed by atoms with Crippen molar-refractivity contribution in [1.82, 2.24) is 10.3 Å². The number of carbonyl (C=O) groups excluding carboxylic acids is 2. The number of alkyl carbamates (subject to hydrolysis) is 1. The Labute approximate surface area is 218 Å². The lowest BCUT2D eigenvalue weighted by Gasteiger charge is -2.23. The maximum Gasteiger partial charge on any atom is 0.408 e. The minimum atomic E-state index is -1.08. The Hall–Kier alpha value is -3.78. The fourth-order valence-corrected chi connectivity index (χ4v) is 4.33. The van der Waals surface area contributed by atoms with Gasteiger partial charge in [-0.2, -0.15) is 0 Å². The molecule has 0 spiro atoms. The summed E-state index contributed by atoms with van der Waals surface area (Å²) in [6.07, 6.45) is 2.68. The highest BCUT2D eigenvalue weighted by Gasteiger charge is 2.28. The van der Waals surface area contributed by atoms with E-state index in [-0.39, 0.29) is 22.8 Å². The van der Waals surface area contributed by atoms with E-state index in [9.17, 15) is 14.4 Å². The van der Waals surface area contributed by atoms with Crippen molar-refractivity contribution in [2.75, 3.05) is 0 Å². The molecular weight excluding hydrogens is 496 g/mol. The number of nitrogens with one attached hydrogen (secondary N) is 2. The zero-order chi connectivity index (χ0) is 26.7. The zero-order valence-corrected chi connectivity index (χ0v) is 21.9. The third kappa shape index (κ3) is 6.32. The van der Waals surface area contributed by atoms with Gasteiger partial charge in [-0.3, -0.25) is 0 Å². The molecule has 2 heterocycles. The minimum absolute atomic E-state index is 0.0193. The van der Waals surface area contributed by atoms with E-state index in [1.54, 1.807) is 33.0 Å². The first kappa shape index (κ1) is 26.3. The molecule has 0 saturated heterocycles. The summed E-state index contributed by atoms with van der Waals surface area (Å²) < 4.78 is 16.3. The van der Waals surface area contributed by atoms with Crippen LogP contribution in [-0.2, 0) is 22.4 Å². The smallest absolute Gasteiger partial charge is 0.408 e. The molecule has 2 aromatic carbocycles. The van der Waals surface area contributed by atoms with Crippen molar-refractivity contribution in [1.29, 1.82) is 0 Å². The summed E-state index contributed by atoms with van der Waals surface area (Å²) in [5.41, 5.74) is 1.52. The Morgan fingerprint density at radius 1 is 1.11 bits per heavy atom. The van der Waals surface area contributed by atoms with Crippen LogP contribution >= 0.6 is 11.6 Å². The maximum absolute atomic E-state index is 13.3. The van der Waals surface area contributed by atoms with Crippen molar-refractivity contribution >= 4 is 45.5 Å². The molecule has 4 rings (SSSR count). The summed E-state index contributed by atoms with van der Waals surface area (Å²) in [6, 6.07) is 11.0. The van der Waals surface area contributed by atoms with Gasteiger partial charge in [-0.1, -0.05) is 43.1 Å². The Morgan fingerprint density at radius 3 is 2.59 bits per heavy atom. The van der Waals surface area contributed by atoms with Crippen molar-refractivity contribution in [3.8, 4) is 5.75 Å². The Bertz CT molecular complexity index is 1510. The van der Waals surface area contributed by atoms with Gasteiger partial charge in [0.15, 0.2) is 5.75 Å². The van der Waals surface area contributed by atoms with Crippen molar-refractivity contribution in [3.63, 3.8) is 0 Å². The van der Waals surface area contributed by atoms with Gasteiger partial charge >= 0.3 is 17.7 Å². The summed E-state index contributed by atoms with van der Waals surface area (Å²) in [5.74, 6) is -0.727. The molecular formula is C28H29ClN2O6. The van der Waals surface area contributed by atoms with E-state index in [1.807, 2.05) is 31.2 Å². The highest BCUT2D eigenvalue weighted by atomic mass is 35.5. The molecule has 8 nitrogen and oxygen atoms in total. The van der Waals surface area contributed by atoms with Crippen LogP contribution in [0.4, 0.5) is 4.79 Å². The molecule has 0 saturated carbocycles. The second-order valence-corrected chi connectivity index (χ2v) is 10.2. The molecule has 0 aliphatic rings. The quantitative estimate of drug-likeness (QED) is 0.176. The number of ether oxygens (including phenoxy) is 2. The van der Waals surface area contributed by atoms with Gasteiger partial charge in [0.1, 0.15) is 17.2 Å². The SMILES string of the molecule is CCCc1cc(=O)oc2cc(OC(=O)[C@@H](Cc3c[nH]c4ccccc34)NC(=O)OC(C)(C)C)c(Cl)cc12. The van der Waals surface area contributed by atoms with Gasteiger partial charge in [0.05, 0.1) is 5.02 Å². The van der Waals surface area contributed by atoms with E-state index in [1.165, 1.54) is 12.1 Å². The highest BCUT2D eigenvalue weighted by Crippen LogP contribution is 2.32. The molecule has 0 radical (unpaired) electrons. The van der Waals surface area contributed by atoms with Gasteiger partial charge in [-0.15, -0.1) is 0 Å². The number of amides is 1. The molecule has 37 heavy (non-hydrogen) atoms. The first-order valence-corrected chi connectivity index (χ1v) is 12.4. The number of fused-ring (bicyclic) bond motifs is 2. The van der Waals surface area contributed by atoms with Crippen molar-refractivity contribution < 1.29 is 23.5 Å². The fourth-order valence-electron chi connectivity index (χ4n) is 4.13. The molecule has 0 unspecified atom stereocenters. The van der Waals surface area contributed by atoms with Crippen LogP contribution in [0, 0.1) is 0 Å². The van der Waals surface area contributed by atoms with E-state index in [4.69, 9.17) is 25.5 Å². The van der Waals surface area contributed by atoms with Crippen LogP contribution in [0.5, 0.6) is 5.75 Å². The van der Waals surface area contributed by atoms with E-state index < -0.39 is 29.3 Å². The lowest BCUT2D eigenvalue weighted by molar-refractivity contribution is -0.136. The van der Waals surface area contributed by atoms with Crippen LogP contribution in [0.15, 0.2) is 57.9 Å². The van der Waals surface area contributed by atoms with Crippen LogP contribution < -0.4 is 15.7 Å². The lowest BCUT2D eigenvalue weighted by Crippen LogP contribution is -2.46. The average Bonchev–Trinajstić information content (AvgIpc) is 3.21. The third-order valence-electron chi connectivity index (χ3n) is 5.69. The summed E-state index contributed by atoms with van der Waals surface area (Å²) in [4.78, 5) is 41.1. The topological polar surface area (TPSA) is 111 Å². The van der Waals surface area contributed by atoms with Gasteiger partial charge in [-0.05, 0) is 50.5 Å². The first-order valence-electron chi connectivity index (χ1n) is 12.1. The average molecular weight is 525 g/mol. The van der Waals surface area contributed by atoms with Gasteiger partial charge in [-0.25, -0.2) is 14.4 Å². The Morgan fingerprint density at radius 2 is 1.86 bits per heavy atom. The molecule has 0 aliphatic heterocycles. The van der Waals surface area contributed by atoms with Gasteiger partial charge < -0.3 is 24.2 Å². The molecule has 1 atom stereocenters. The number of aryl methyl sites for hydroxylation is 1. The number of carbonyl (C=O) groups is 2. The summed E-state index contributed by atoms with van der Waals surface area (Å²) in [5, 5.41) is 4.39. The number of halogens is 1. The second kappa shape index (κ2) is 10.7. The lowest BCUT2D eigenvalue weighted by atomic mass is 10.0. The van der Waals surface area contributed by atoms with Gasteiger partial charge in [0, 0.05) is 41.0 Å². The molecule has 0 fully saturated rings. The van der Waals surface area contributed by atoms with Crippen LogP contribution in [0.1, 0.15) is 45.2 Å². The summed E-state index contributed by atoms with van der Waals surface area (Å²) in [7, 11) is 0. The van der Waals surface area contributed by atoms with E-state index in [0.717, 1.165) is 28.5 Å². The maximum atomic E-state index is 13.3. The molecule has 2 aromatic heterocycles. The number of para-hydroxylation sites is 1.